The summed E-state index contributed by atoms with van der Waals surface area (Å²) in [7, 11) is 0. The largest absolute Gasteiger partial charge is 0.369 e. The van der Waals surface area contributed by atoms with E-state index in [0.29, 0.717) is 17.9 Å². The summed E-state index contributed by atoms with van der Waals surface area (Å²) in [6, 6.07) is 26.5. The summed E-state index contributed by atoms with van der Waals surface area (Å²) < 4.78 is 1.83. The Morgan fingerprint density at radius 2 is 1.55 bits per heavy atom. The first-order valence-corrected chi connectivity index (χ1v) is 13.0. The third-order valence-electron chi connectivity index (χ3n) is 7.56. The molecule has 3 heterocycles. The van der Waals surface area contributed by atoms with Gasteiger partial charge in [-0.15, -0.1) is 5.10 Å². The Kier molecular flexibility index (Phi) is 6.47. The number of pyridine rings is 1. The Bertz CT molecular complexity index is 1600. The lowest BCUT2D eigenvalue weighted by atomic mass is 10.00. The number of hydrogen-bond donors (Lipinski definition) is 1. The van der Waals surface area contributed by atoms with Crippen molar-refractivity contribution in [3.63, 3.8) is 0 Å². The number of fused-ring (bicyclic) bond motifs is 1. The van der Waals surface area contributed by atoms with Gasteiger partial charge >= 0.3 is 0 Å². The number of nitrogens with zero attached hydrogens (tertiary/aromatic N) is 6. The minimum atomic E-state index is -0.374. The molecule has 5 aromatic rings. The van der Waals surface area contributed by atoms with Crippen LogP contribution in [-0.4, -0.2) is 56.3 Å². The lowest BCUT2D eigenvalue weighted by Crippen LogP contribution is -2.49. The number of rotatable bonds is 6. The zero-order valence-corrected chi connectivity index (χ0v) is 21.7. The summed E-state index contributed by atoms with van der Waals surface area (Å²) >= 11 is 0. The number of hydrogen-bond acceptors (Lipinski definition) is 6. The van der Waals surface area contributed by atoms with Gasteiger partial charge in [-0.25, -0.2) is 4.68 Å². The topological polar surface area (TPSA) is 82.9 Å². The molecule has 8 nitrogen and oxygen atoms in total. The first-order chi connectivity index (χ1) is 18.6. The fourth-order valence-corrected chi connectivity index (χ4v) is 5.35. The number of aryl methyl sites for hydroxylation is 2. The summed E-state index contributed by atoms with van der Waals surface area (Å²) in [5, 5.41) is 13.9. The van der Waals surface area contributed by atoms with Crippen LogP contribution in [-0.2, 0) is 6.54 Å². The number of tetrazole rings is 1. The summed E-state index contributed by atoms with van der Waals surface area (Å²) in [6.07, 6.45) is 0. The van der Waals surface area contributed by atoms with Gasteiger partial charge in [0.1, 0.15) is 6.04 Å². The Hall–Kier alpha value is -4.30. The maximum Gasteiger partial charge on any atom is 0.253 e. The van der Waals surface area contributed by atoms with Gasteiger partial charge in [0.15, 0.2) is 5.82 Å². The molecule has 0 amide bonds. The number of aromatic amines is 1. The molecule has 0 radical (unpaired) electrons. The highest BCUT2D eigenvalue weighted by atomic mass is 16.1. The fourth-order valence-electron chi connectivity index (χ4n) is 5.35. The number of nitrogens with one attached hydrogen (secondary N) is 1. The third-order valence-corrected chi connectivity index (χ3v) is 7.56. The summed E-state index contributed by atoms with van der Waals surface area (Å²) in [6.45, 7) is 7.96. The van der Waals surface area contributed by atoms with Crippen molar-refractivity contribution < 1.29 is 0 Å². The lowest BCUT2D eigenvalue weighted by Gasteiger charge is -2.39. The smallest absolute Gasteiger partial charge is 0.253 e. The van der Waals surface area contributed by atoms with Crippen molar-refractivity contribution in [3.8, 4) is 0 Å². The predicted molar refractivity (Wildman–Crippen MR) is 149 cm³/mol. The fraction of sp³-hybridized carbons (Fsp3) is 0.267. The first kappa shape index (κ1) is 24.1. The Balaban J connectivity index is 1.41. The maximum absolute atomic E-state index is 13.6. The van der Waals surface area contributed by atoms with E-state index in [1.54, 1.807) is 0 Å². The van der Waals surface area contributed by atoms with Gasteiger partial charge < -0.3 is 9.88 Å². The second-order valence-corrected chi connectivity index (χ2v) is 10.0. The van der Waals surface area contributed by atoms with E-state index in [2.05, 4.69) is 86.6 Å². The molecule has 0 aliphatic carbocycles. The molecular formula is C30H31N7O. The van der Waals surface area contributed by atoms with Crippen molar-refractivity contribution in [2.45, 2.75) is 26.4 Å². The average molecular weight is 506 g/mol. The zero-order chi connectivity index (χ0) is 26.1. The van der Waals surface area contributed by atoms with Crippen molar-refractivity contribution >= 4 is 16.6 Å². The maximum atomic E-state index is 13.6. The number of aromatic nitrogens is 5. The van der Waals surface area contributed by atoms with Crippen LogP contribution >= 0.6 is 0 Å². The minimum Gasteiger partial charge on any atom is -0.369 e. The van der Waals surface area contributed by atoms with Crippen molar-refractivity contribution in [3.05, 3.63) is 117 Å². The van der Waals surface area contributed by atoms with Crippen LogP contribution < -0.4 is 10.5 Å². The third kappa shape index (κ3) is 4.70. The number of para-hydroxylation sites is 1. The van der Waals surface area contributed by atoms with Crippen molar-refractivity contribution in [2.24, 2.45) is 0 Å². The van der Waals surface area contributed by atoms with Gasteiger partial charge in [0.2, 0.25) is 0 Å². The number of benzene rings is 3. The average Bonchev–Trinajstić information content (AvgIpc) is 3.39. The van der Waals surface area contributed by atoms with Gasteiger partial charge in [-0.1, -0.05) is 48.5 Å². The first-order valence-electron chi connectivity index (χ1n) is 13.0. The molecule has 38 heavy (non-hydrogen) atoms. The molecule has 1 saturated heterocycles. The highest BCUT2D eigenvalue weighted by Crippen LogP contribution is 2.29. The lowest BCUT2D eigenvalue weighted by molar-refractivity contribution is 0.200. The van der Waals surface area contributed by atoms with Crippen LogP contribution in [0, 0.1) is 13.8 Å². The molecule has 3 aromatic carbocycles. The highest BCUT2D eigenvalue weighted by molar-refractivity contribution is 5.81. The van der Waals surface area contributed by atoms with Crippen molar-refractivity contribution in [2.75, 3.05) is 31.1 Å². The number of anilines is 1. The van der Waals surface area contributed by atoms with E-state index in [4.69, 9.17) is 0 Å². The minimum absolute atomic E-state index is 0.106. The van der Waals surface area contributed by atoms with E-state index in [9.17, 15) is 4.79 Å². The van der Waals surface area contributed by atoms with Gasteiger partial charge in [-0.05, 0) is 76.7 Å². The van der Waals surface area contributed by atoms with E-state index in [0.717, 1.165) is 48.2 Å². The molecule has 6 rings (SSSR count). The van der Waals surface area contributed by atoms with Crippen LogP contribution in [0.25, 0.3) is 10.9 Å². The van der Waals surface area contributed by atoms with E-state index in [-0.39, 0.29) is 11.6 Å². The van der Waals surface area contributed by atoms with Crippen LogP contribution in [0.1, 0.15) is 34.1 Å². The van der Waals surface area contributed by atoms with Crippen LogP contribution in [0.5, 0.6) is 0 Å². The van der Waals surface area contributed by atoms with Crippen LogP contribution in [0.3, 0.4) is 0 Å². The molecule has 1 atom stereocenters. The van der Waals surface area contributed by atoms with Crippen molar-refractivity contribution in [1.82, 2.24) is 30.1 Å². The second kappa shape index (κ2) is 10.2. The molecule has 1 fully saturated rings. The molecular weight excluding hydrogens is 474 g/mol. The molecule has 1 aliphatic heterocycles. The molecule has 1 aliphatic rings. The van der Waals surface area contributed by atoms with Gasteiger partial charge in [-0.3, -0.25) is 9.69 Å². The number of piperazine rings is 1. The molecule has 0 bridgehead atoms. The van der Waals surface area contributed by atoms with Crippen molar-refractivity contribution in [1.29, 1.82) is 0 Å². The molecule has 0 saturated carbocycles. The Morgan fingerprint density at radius 1 is 0.868 bits per heavy atom. The zero-order valence-electron chi connectivity index (χ0n) is 21.7. The molecule has 0 spiro atoms. The number of H-pyrrole nitrogens is 1. The quantitative estimate of drug-likeness (QED) is 0.374. The Labute approximate surface area is 221 Å². The molecule has 2 aromatic heterocycles. The molecule has 8 heteroatoms. The van der Waals surface area contributed by atoms with E-state index in [1.807, 2.05) is 41.1 Å². The van der Waals surface area contributed by atoms with E-state index < -0.39 is 0 Å². The highest BCUT2D eigenvalue weighted by Gasteiger charge is 2.32. The molecule has 1 unspecified atom stereocenters. The van der Waals surface area contributed by atoms with Crippen LogP contribution in [0.2, 0.25) is 0 Å². The van der Waals surface area contributed by atoms with Crippen LogP contribution in [0.4, 0.5) is 5.69 Å². The normalized spacial score (nSPS) is 15.2. The predicted octanol–water partition coefficient (Wildman–Crippen LogP) is 4.09. The summed E-state index contributed by atoms with van der Waals surface area (Å²) in [5.74, 6) is 0.677. The van der Waals surface area contributed by atoms with Gasteiger partial charge in [0, 0.05) is 42.9 Å². The molecule has 1 N–H and O–H groups in total. The van der Waals surface area contributed by atoms with E-state index >= 15 is 0 Å². The summed E-state index contributed by atoms with van der Waals surface area (Å²) in [4.78, 5) is 21.5. The standard InChI is InChI=1S/C30H31N7O/c1-21-17-24-19-26(30(38)31-27(24)18-22(21)2)28(29-32-33-34-37(29)20-23-9-5-3-6-10-23)36-15-13-35(14-16-36)25-11-7-4-8-12-25/h3-12,17-19,28H,13-16,20H2,1-2H3,(H,31,38). The van der Waals surface area contributed by atoms with Gasteiger partial charge in [0.25, 0.3) is 5.56 Å². The Morgan fingerprint density at radius 3 is 2.29 bits per heavy atom. The second-order valence-electron chi connectivity index (χ2n) is 10.0. The molecule has 192 valence electrons. The van der Waals surface area contributed by atoms with Crippen LogP contribution in [0.15, 0.2) is 83.7 Å². The van der Waals surface area contributed by atoms with Gasteiger partial charge in [-0.2, -0.15) is 0 Å². The van der Waals surface area contributed by atoms with E-state index in [1.165, 1.54) is 11.3 Å². The monoisotopic (exact) mass is 505 g/mol. The SMILES string of the molecule is Cc1cc2cc(C(c3nnnn3Cc3ccccc3)N3CCN(c4ccccc4)CC3)c(=O)[nH]c2cc1C. The van der Waals surface area contributed by atoms with Gasteiger partial charge in [0.05, 0.1) is 6.54 Å². The summed E-state index contributed by atoms with van der Waals surface area (Å²) in [5.41, 5.74) is 6.07.